The van der Waals surface area contributed by atoms with E-state index in [0.29, 0.717) is 0 Å². The van der Waals surface area contributed by atoms with Crippen LogP contribution in [0.4, 0.5) is 0 Å². The van der Waals surface area contributed by atoms with Gasteiger partial charge in [0.05, 0.1) is 0 Å². The Hall–Kier alpha value is -0.730. The van der Waals surface area contributed by atoms with E-state index in [1.54, 1.807) is 0 Å². The van der Waals surface area contributed by atoms with Gasteiger partial charge >= 0.3 is 5.97 Å². The fraction of sp³-hybridized carbons (Fsp3) is 0.889. The van der Waals surface area contributed by atoms with Crippen LogP contribution in [-0.2, 0) is 19.0 Å². The number of methoxy groups -OCH3 is 1. The van der Waals surface area contributed by atoms with Crippen molar-refractivity contribution in [1.29, 1.82) is 0 Å². The maximum absolute atomic E-state index is 10.6. The van der Waals surface area contributed by atoms with Gasteiger partial charge in [0.2, 0.25) is 0 Å². The third-order valence-electron chi connectivity index (χ3n) is 2.35. The predicted octanol–water partition coefficient (Wildman–Crippen LogP) is -2.00. The van der Waals surface area contributed by atoms with E-state index in [4.69, 9.17) is 9.47 Å². The summed E-state index contributed by atoms with van der Waals surface area (Å²) in [5, 5.41) is 28.5. The molecule has 0 amide bonds. The van der Waals surface area contributed by atoms with Crippen LogP contribution in [0.2, 0.25) is 0 Å². The standard InChI is InChI=1S/C9H16O7/c1-4(10)15-3-5-6(11)7(12)8(13)9(14-2)16-5/h5-9,11-13H,3H2,1-2H3/t5?,6-,7+,8?,9+/m1/s1. The van der Waals surface area contributed by atoms with Crippen LogP contribution in [0.3, 0.4) is 0 Å². The number of aliphatic hydroxyl groups is 3. The summed E-state index contributed by atoms with van der Waals surface area (Å²) in [5.41, 5.74) is 0. The Kier molecular flexibility index (Phi) is 4.63. The summed E-state index contributed by atoms with van der Waals surface area (Å²) in [6.45, 7) is 1.01. The smallest absolute Gasteiger partial charge is 0.302 e. The van der Waals surface area contributed by atoms with Gasteiger partial charge in [0, 0.05) is 14.0 Å². The summed E-state index contributed by atoms with van der Waals surface area (Å²) >= 11 is 0. The van der Waals surface area contributed by atoms with Crippen LogP contribution in [0.15, 0.2) is 0 Å². The van der Waals surface area contributed by atoms with E-state index in [2.05, 4.69) is 4.74 Å². The van der Waals surface area contributed by atoms with Gasteiger partial charge in [0.15, 0.2) is 6.29 Å². The van der Waals surface area contributed by atoms with Crippen molar-refractivity contribution in [3.8, 4) is 0 Å². The summed E-state index contributed by atoms with van der Waals surface area (Å²) < 4.78 is 14.6. The van der Waals surface area contributed by atoms with Crippen molar-refractivity contribution in [2.45, 2.75) is 37.6 Å². The molecule has 2 unspecified atom stereocenters. The normalized spacial score (nSPS) is 39.4. The zero-order valence-electron chi connectivity index (χ0n) is 9.07. The lowest BCUT2D eigenvalue weighted by atomic mass is 9.99. The molecule has 0 spiro atoms. The Bertz CT molecular complexity index is 242. The molecule has 16 heavy (non-hydrogen) atoms. The number of hydrogen-bond donors (Lipinski definition) is 3. The molecule has 0 aromatic heterocycles. The summed E-state index contributed by atoms with van der Waals surface area (Å²) in [6.07, 6.45) is -6.06. The molecular formula is C9H16O7. The summed E-state index contributed by atoms with van der Waals surface area (Å²) in [6, 6.07) is 0. The van der Waals surface area contributed by atoms with Crippen LogP contribution in [0.1, 0.15) is 6.92 Å². The lowest BCUT2D eigenvalue weighted by Gasteiger charge is -2.39. The number of carbonyl (C=O) groups is 1. The third kappa shape index (κ3) is 2.89. The summed E-state index contributed by atoms with van der Waals surface area (Å²) in [7, 11) is 1.29. The molecule has 1 saturated heterocycles. The SMILES string of the molecule is CO[C@H]1OC(COC(C)=O)[C@@H](O)[C@H](O)C1O. The molecular weight excluding hydrogens is 220 g/mol. The van der Waals surface area contributed by atoms with Crippen molar-refractivity contribution >= 4 is 5.97 Å². The largest absolute Gasteiger partial charge is 0.463 e. The van der Waals surface area contributed by atoms with E-state index in [1.165, 1.54) is 14.0 Å². The lowest BCUT2D eigenvalue weighted by molar-refractivity contribution is -0.295. The van der Waals surface area contributed by atoms with Crippen molar-refractivity contribution < 1.29 is 34.3 Å². The molecule has 0 aromatic rings. The molecule has 1 heterocycles. The monoisotopic (exact) mass is 236 g/mol. The number of aliphatic hydroxyl groups excluding tert-OH is 3. The highest BCUT2D eigenvalue weighted by Gasteiger charge is 2.44. The Morgan fingerprint density at radius 2 is 1.88 bits per heavy atom. The second-order valence-electron chi connectivity index (χ2n) is 3.55. The maximum atomic E-state index is 10.6. The van der Waals surface area contributed by atoms with Gasteiger partial charge in [-0.2, -0.15) is 0 Å². The fourth-order valence-corrected chi connectivity index (χ4v) is 1.45. The summed E-state index contributed by atoms with van der Waals surface area (Å²) in [4.78, 5) is 10.6. The number of rotatable bonds is 3. The van der Waals surface area contributed by atoms with Crippen LogP contribution in [0.5, 0.6) is 0 Å². The first-order valence-electron chi connectivity index (χ1n) is 4.83. The molecule has 0 saturated carbocycles. The van der Waals surface area contributed by atoms with Crippen molar-refractivity contribution in [3.05, 3.63) is 0 Å². The van der Waals surface area contributed by atoms with E-state index >= 15 is 0 Å². The molecule has 5 atom stereocenters. The van der Waals surface area contributed by atoms with Crippen LogP contribution in [0, 0.1) is 0 Å². The fourth-order valence-electron chi connectivity index (χ4n) is 1.45. The quantitative estimate of drug-likeness (QED) is 0.487. The van der Waals surface area contributed by atoms with Crippen molar-refractivity contribution in [1.82, 2.24) is 0 Å². The highest BCUT2D eigenvalue weighted by Crippen LogP contribution is 2.21. The van der Waals surface area contributed by atoms with Gasteiger partial charge in [-0.15, -0.1) is 0 Å². The second-order valence-corrected chi connectivity index (χ2v) is 3.55. The highest BCUT2D eigenvalue weighted by molar-refractivity contribution is 5.65. The van der Waals surface area contributed by atoms with Gasteiger partial charge in [-0.05, 0) is 0 Å². The average Bonchev–Trinajstić information content (AvgIpc) is 2.25. The minimum absolute atomic E-state index is 0.208. The van der Waals surface area contributed by atoms with Crippen LogP contribution < -0.4 is 0 Å². The van der Waals surface area contributed by atoms with Crippen LogP contribution in [0.25, 0.3) is 0 Å². The lowest BCUT2D eigenvalue weighted by Crippen LogP contribution is -2.59. The Labute approximate surface area is 92.5 Å². The first kappa shape index (κ1) is 13.3. The zero-order chi connectivity index (χ0) is 12.3. The van der Waals surface area contributed by atoms with E-state index < -0.39 is 36.7 Å². The average molecular weight is 236 g/mol. The molecule has 1 fully saturated rings. The van der Waals surface area contributed by atoms with Crippen molar-refractivity contribution in [2.75, 3.05) is 13.7 Å². The number of ether oxygens (including phenoxy) is 3. The van der Waals surface area contributed by atoms with Gasteiger partial charge in [-0.3, -0.25) is 4.79 Å². The van der Waals surface area contributed by atoms with Crippen molar-refractivity contribution in [3.63, 3.8) is 0 Å². The van der Waals surface area contributed by atoms with Gasteiger partial charge in [0.1, 0.15) is 31.0 Å². The first-order chi connectivity index (χ1) is 7.47. The minimum atomic E-state index is -1.40. The first-order valence-corrected chi connectivity index (χ1v) is 4.83. The molecule has 7 nitrogen and oxygen atoms in total. The van der Waals surface area contributed by atoms with E-state index in [1.807, 2.05) is 0 Å². The molecule has 1 rings (SSSR count). The van der Waals surface area contributed by atoms with Crippen LogP contribution in [-0.4, -0.2) is 65.7 Å². The van der Waals surface area contributed by atoms with E-state index in [-0.39, 0.29) is 6.61 Å². The molecule has 0 aromatic carbocycles. The van der Waals surface area contributed by atoms with E-state index in [0.717, 1.165) is 0 Å². The van der Waals surface area contributed by atoms with Gasteiger partial charge in [-0.1, -0.05) is 0 Å². The van der Waals surface area contributed by atoms with Crippen molar-refractivity contribution in [2.24, 2.45) is 0 Å². The molecule has 1 aliphatic heterocycles. The molecule has 94 valence electrons. The molecule has 1 aliphatic rings. The summed E-state index contributed by atoms with van der Waals surface area (Å²) in [5.74, 6) is -0.523. The predicted molar refractivity (Wildman–Crippen MR) is 50.3 cm³/mol. The van der Waals surface area contributed by atoms with E-state index in [9.17, 15) is 20.1 Å². The van der Waals surface area contributed by atoms with Crippen LogP contribution >= 0.6 is 0 Å². The Morgan fingerprint density at radius 3 is 2.38 bits per heavy atom. The Morgan fingerprint density at radius 1 is 1.25 bits per heavy atom. The molecule has 3 N–H and O–H groups in total. The highest BCUT2D eigenvalue weighted by atomic mass is 16.7. The molecule has 7 heteroatoms. The van der Waals surface area contributed by atoms with Gasteiger partial charge in [0.25, 0.3) is 0 Å². The zero-order valence-corrected chi connectivity index (χ0v) is 9.07. The Balaban J connectivity index is 2.60. The number of hydrogen-bond acceptors (Lipinski definition) is 7. The molecule has 0 aliphatic carbocycles. The minimum Gasteiger partial charge on any atom is -0.463 e. The number of carbonyl (C=O) groups excluding carboxylic acids is 1. The second kappa shape index (κ2) is 5.55. The van der Waals surface area contributed by atoms with Gasteiger partial charge < -0.3 is 29.5 Å². The topological polar surface area (TPSA) is 105 Å². The molecule has 0 bridgehead atoms. The maximum Gasteiger partial charge on any atom is 0.302 e. The molecule has 0 radical (unpaired) electrons. The number of esters is 1. The third-order valence-corrected chi connectivity index (χ3v) is 2.35. The van der Waals surface area contributed by atoms with Gasteiger partial charge in [-0.25, -0.2) is 0 Å².